The molecule has 0 aromatic rings. The van der Waals surface area contributed by atoms with Crippen molar-refractivity contribution in [2.75, 3.05) is 0 Å². The molecule has 0 aliphatic heterocycles. The Hall–Kier alpha value is 0. The largest absolute Gasteiger partial charge is 0.0683 e. The van der Waals surface area contributed by atoms with Crippen molar-refractivity contribution in [1.82, 2.24) is 0 Å². The summed E-state index contributed by atoms with van der Waals surface area (Å²) in [7, 11) is 0. The zero-order valence-electron chi connectivity index (χ0n) is 48.3. The second-order valence-electron chi connectivity index (χ2n) is 24.8. The van der Waals surface area contributed by atoms with Crippen molar-refractivity contribution < 1.29 is 0 Å². The van der Waals surface area contributed by atoms with Gasteiger partial charge in [-0.05, 0) is 66.1 Å². The molecule has 0 heteroatoms. The molecule has 8 saturated carbocycles. The summed E-state index contributed by atoms with van der Waals surface area (Å²) in [4.78, 5) is 0. The molecule has 8 fully saturated rings. The Labute approximate surface area is 427 Å². The molecule has 67 heavy (non-hydrogen) atoms. The first-order valence-corrected chi connectivity index (χ1v) is 33.1. The summed E-state index contributed by atoms with van der Waals surface area (Å²) >= 11 is 0. The third-order valence-electron chi connectivity index (χ3n) is 18.9. The van der Waals surface area contributed by atoms with Crippen molar-refractivity contribution in [2.24, 2.45) is 53.3 Å². The van der Waals surface area contributed by atoms with Crippen LogP contribution in [0.5, 0.6) is 0 Å². The standard InChI is InChI=1S/C17H32.2C13H24.2C10H20.2C2H6/c1-15-9-7-13-17(14-8-10-15)16-11-5-3-2-4-6-12-16;2*1-11-6-3-2-4-7-13(10-11)12-8-5-9-12;2*1-2-4-6-8-10-9-7-5-3-1;2*1-2/h15-17H,2-14H2,1H3;2*11-13H,2-10H2,1H3;2*1-10H2;2*1-2H3. The zero-order valence-corrected chi connectivity index (χ0v) is 48.3. The van der Waals surface area contributed by atoms with Crippen LogP contribution in [-0.4, -0.2) is 0 Å². The molecule has 0 radical (unpaired) electrons. The van der Waals surface area contributed by atoms with E-state index in [1.54, 1.807) is 77.0 Å². The van der Waals surface area contributed by atoms with Gasteiger partial charge in [-0.3, -0.25) is 0 Å². The minimum atomic E-state index is 1.01. The Morgan fingerprint density at radius 2 is 0.299 bits per heavy atom. The molecule has 0 aromatic carbocycles. The summed E-state index contributed by atoms with van der Waals surface area (Å²) in [5.41, 5.74) is 0. The molecular weight excluding hydrogens is 805 g/mol. The third kappa shape index (κ3) is 33.4. The van der Waals surface area contributed by atoms with Crippen molar-refractivity contribution in [1.29, 1.82) is 0 Å². The molecule has 4 unspecified atom stereocenters. The quantitative estimate of drug-likeness (QED) is 0.265. The maximum absolute atomic E-state index is 2.47. The lowest BCUT2D eigenvalue weighted by Gasteiger charge is -2.36. The predicted octanol–water partition coefficient (Wildman–Crippen LogP) is 24.6. The number of rotatable bonds is 3. The lowest BCUT2D eigenvalue weighted by molar-refractivity contribution is 0.153. The maximum atomic E-state index is 2.47. The summed E-state index contributed by atoms with van der Waals surface area (Å²) in [6, 6.07) is 0. The first-order chi connectivity index (χ1) is 33.1. The van der Waals surface area contributed by atoms with E-state index in [0.29, 0.717) is 0 Å². The zero-order chi connectivity index (χ0) is 48.3. The van der Waals surface area contributed by atoms with Gasteiger partial charge >= 0.3 is 0 Å². The summed E-state index contributed by atoms with van der Waals surface area (Å²) in [6.45, 7) is 15.4. The molecule has 0 amide bonds. The first-order valence-electron chi connectivity index (χ1n) is 33.1. The molecular formula is C67H132. The second-order valence-corrected chi connectivity index (χ2v) is 24.8. The van der Waals surface area contributed by atoms with Crippen LogP contribution < -0.4 is 0 Å². The fraction of sp³-hybridized carbons (Fsp3) is 1.00. The highest BCUT2D eigenvalue weighted by Crippen LogP contribution is 2.42. The first kappa shape index (κ1) is 63.1. The molecule has 0 nitrogen and oxygen atoms in total. The van der Waals surface area contributed by atoms with Crippen molar-refractivity contribution in [2.45, 2.75) is 376 Å². The van der Waals surface area contributed by atoms with E-state index in [4.69, 9.17) is 0 Å². The molecule has 0 aromatic heterocycles. The Balaban J connectivity index is 0.000000286. The molecule has 0 heterocycles. The van der Waals surface area contributed by atoms with Crippen LogP contribution in [0, 0.1) is 53.3 Å². The average molecular weight is 938 g/mol. The van der Waals surface area contributed by atoms with Gasteiger partial charge in [0.25, 0.3) is 0 Å². The van der Waals surface area contributed by atoms with Gasteiger partial charge in [-0.1, -0.05) is 363 Å². The van der Waals surface area contributed by atoms with Gasteiger partial charge in [0.15, 0.2) is 0 Å². The van der Waals surface area contributed by atoms with Gasteiger partial charge in [0.2, 0.25) is 0 Å². The van der Waals surface area contributed by atoms with Crippen molar-refractivity contribution in [3.8, 4) is 0 Å². The Bertz CT molecular complexity index is 832. The van der Waals surface area contributed by atoms with E-state index in [1.165, 1.54) is 250 Å². The summed E-state index contributed by atoms with van der Waals surface area (Å²) in [5, 5.41) is 0. The van der Waals surface area contributed by atoms with E-state index in [1.807, 2.05) is 27.7 Å². The fourth-order valence-corrected chi connectivity index (χ4v) is 14.0. The summed E-state index contributed by atoms with van der Waals surface area (Å²) in [5.74, 6) is 9.75. The normalized spacial score (nSPS) is 30.7. The third-order valence-corrected chi connectivity index (χ3v) is 18.9. The van der Waals surface area contributed by atoms with Crippen LogP contribution in [0.2, 0.25) is 0 Å². The van der Waals surface area contributed by atoms with Gasteiger partial charge in [0, 0.05) is 0 Å². The van der Waals surface area contributed by atoms with E-state index in [9.17, 15) is 0 Å². The Kier molecular flexibility index (Phi) is 43.2. The van der Waals surface area contributed by atoms with Gasteiger partial charge in [-0.15, -0.1) is 0 Å². The van der Waals surface area contributed by atoms with Crippen LogP contribution in [0.4, 0.5) is 0 Å². The molecule has 0 spiro atoms. The van der Waals surface area contributed by atoms with Gasteiger partial charge in [0.05, 0.1) is 0 Å². The van der Waals surface area contributed by atoms with Gasteiger partial charge < -0.3 is 0 Å². The highest BCUT2D eigenvalue weighted by molar-refractivity contribution is 4.81. The Morgan fingerprint density at radius 3 is 0.552 bits per heavy atom. The van der Waals surface area contributed by atoms with E-state index < -0.39 is 0 Å². The predicted molar refractivity (Wildman–Crippen MR) is 307 cm³/mol. The van der Waals surface area contributed by atoms with Crippen LogP contribution in [0.15, 0.2) is 0 Å². The van der Waals surface area contributed by atoms with Crippen molar-refractivity contribution in [3.05, 3.63) is 0 Å². The minimum Gasteiger partial charge on any atom is -0.0683 e. The molecule has 8 rings (SSSR count). The molecule has 4 atom stereocenters. The molecule has 8 aliphatic rings. The van der Waals surface area contributed by atoms with Crippen LogP contribution in [0.1, 0.15) is 376 Å². The maximum Gasteiger partial charge on any atom is -0.0383 e. The SMILES string of the molecule is C1CCCCCCCCC1.C1CCCCCCCCC1.CC.CC.CC1CCCC(C2CCCCCCC2)CCC1.CC1CCCCCC(C2CCC2)C1.CC1CCCCCC(C2CCC2)C1. The highest BCUT2D eigenvalue weighted by atomic mass is 14.4. The molecule has 8 aliphatic carbocycles. The van der Waals surface area contributed by atoms with Crippen molar-refractivity contribution >= 4 is 0 Å². The molecule has 0 bridgehead atoms. The van der Waals surface area contributed by atoms with Crippen LogP contribution >= 0.6 is 0 Å². The smallest absolute Gasteiger partial charge is 0.0383 e. The lowest BCUT2D eigenvalue weighted by Crippen LogP contribution is -2.24. The monoisotopic (exact) mass is 937 g/mol. The highest BCUT2D eigenvalue weighted by Gasteiger charge is 2.30. The fourth-order valence-electron chi connectivity index (χ4n) is 14.0. The van der Waals surface area contributed by atoms with Gasteiger partial charge in [0.1, 0.15) is 0 Å². The van der Waals surface area contributed by atoms with E-state index >= 15 is 0 Å². The average Bonchev–Trinajstić information content (AvgIpc) is 3.28. The van der Waals surface area contributed by atoms with Crippen molar-refractivity contribution in [3.63, 3.8) is 0 Å². The molecule has 0 N–H and O–H groups in total. The number of hydrogen-bond donors (Lipinski definition) is 0. The lowest BCUT2D eigenvalue weighted by atomic mass is 9.69. The van der Waals surface area contributed by atoms with Gasteiger partial charge in [-0.2, -0.15) is 0 Å². The van der Waals surface area contributed by atoms with Crippen LogP contribution in [0.3, 0.4) is 0 Å². The number of hydrogen-bond acceptors (Lipinski definition) is 0. The van der Waals surface area contributed by atoms with E-state index in [-0.39, 0.29) is 0 Å². The molecule has 400 valence electrons. The van der Waals surface area contributed by atoms with Crippen LogP contribution in [0.25, 0.3) is 0 Å². The summed E-state index contributed by atoms with van der Waals surface area (Å²) < 4.78 is 0. The van der Waals surface area contributed by atoms with E-state index in [2.05, 4.69) is 20.8 Å². The molecule has 0 saturated heterocycles. The topological polar surface area (TPSA) is 0 Å². The van der Waals surface area contributed by atoms with Gasteiger partial charge in [-0.25, -0.2) is 0 Å². The minimum absolute atomic E-state index is 1.01. The van der Waals surface area contributed by atoms with E-state index in [0.717, 1.165) is 53.3 Å². The Morgan fingerprint density at radius 1 is 0.149 bits per heavy atom. The van der Waals surface area contributed by atoms with Crippen LogP contribution in [-0.2, 0) is 0 Å². The summed E-state index contributed by atoms with van der Waals surface area (Å²) in [6.07, 6.45) is 77.4. The second kappa shape index (κ2) is 45.8.